The zero-order valence-corrected chi connectivity index (χ0v) is 7.07. The number of methoxy groups -OCH3 is 1. The first-order chi connectivity index (χ1) is 5.15. The molecule has 0 bridgehead atoms. The van der Waals surface area contributed by atoms with Gasteiger partial charge in [0.25, 0.3) is 0 Å². The van der Waals surface area contributed by atoms with Gasteiger partial charge in [-0.1, -0.05) is 11.6 Å². The summed E-state index contributed by atoms with van der Waals surface area (Å²) in [4.78, 5) is 0. The Balaban J connectivity index is 3.21. The fraction of sp³-hybridized carbons (Fsp3) is 0.250. The highest BCUT2D eigenvalue weighted by atomic mass is 35.5. The third-order valence-electron chi connectivity index (χ3n) is 1.44. The summed E-state index contributed by atoms with van der Waals surface area (Å²) in [5.41, 5.74) is 0.832. The van der Waals surface area contributed by atoms with E-state index in [1.165, 1.54) is 19.2 Å². The number of aryl methyl sites for hydroxylation is 1. The van der Waals surface area contributed by atoms with Crippen molar-refractivity contribution in [1.82, 2.24) is 0 Å². The van der Waals surface area contributed by atoms with Gasteiger partial charge in [-0.15, -0.1) is 0 Å². The SMILES string of the molecule is COc1cc(F)c(Cl)cc1C. The molecule has 60 valence electrons. The Bertz CT molecular complexity index is 273. The van der Waals surface area contributed by atoms with E-state index in [0.717, 1.165) is 5.56 Å². The maximum Gasteiger partial charge on any atom is 0.145 e. The van der Waals surface area contributed by atoms with E-state index < -0.39 is 5.82 Å². The monoisotopic (exact) mass is 174 g/mol. The number of ether oxygens (including phenoxy) is 1. The quantitative estimate of drug-likeness (QED) is 0.636. The highest BCUT2D eigenvalue weighted by Gasteiger charge is 2.04. The second-order valence-corrected chi connectivity index (χ2v) is 2.64. The lowest BCUT2D eigenvalue weighted by molar-refractivity contribution is 0.408. The van der Waals surface area contributed by atoms with Crippen molar-refractivity contribution in [2.45, 2.75) is 6.92 Å². The van der Waals surface area contributed by atoms with Crippen LogP contribution in [0.2, 0.25) is 5.02 Å². The summed E-state index contributed by atoms with van der Waals surface area (Å²) < 4.78 is 17.6. The molecule has 0 saturated heterocycles. The van der Waals surface area contributed by atoms with E-state index in [2.05, 4.69) is 0 Å². The van der Waals surface area contributed by atoms with Crippen molar-refractivity contribution >= 4 is 11.6 Å². The summed E-state index contributed by atoms with van der Waals surface area (Å²) in [5.74, 6) is 0.0704. The highest BCUT2D eigenvalue weighted by molar-refractivity contribution is 6.30. The van der Waals surface area contributed by atoms with Crippen molar-refractivity contribution in [3.8, 4) is 5.75 Å². The Morgan fingerprint density at radius 3 is 2.64 bits per heavy atom. The molecule has 0 N–H and O–H groups in total. The van der Waals surface area contributed by atoms with E-state index in [1.807, 2.05) is 6.92 Å². The van der Waals surface area contributed by atoms with Crippen LogP contribution in [0.25, 0.3) is 0 Å². The molecule has 0 aliphatic rings. The number of halogens is 2. The summed E-state index contributed by atoms with van der Waals surface area (Å²) in [6.45, 7) is 1.81. The zero-order chi connectivity index (χ0) is 8.43. The minimum Gasteiger partial charge on any atom is -0.496 e. The van der Waals surface area contributed by atoms with Gasteiger partial charge in [0.2, 0.25) is 0 Å². The minimum absolute atomic E-state index is 0.128. The van der Waals surface area contributed by atoms with Gasteiger partial charge in [-0.3, -0.25) is 0 Å². The van der Waals surface area contributed by atoms with Gasteiger partial charge in [0.05, 0.1) is 12.1 Å². The number of hydrogen-bond donors (Lipinski definition) is 0. The molecule has 11 heavy (non-hydrogen) atoms. The lowest BCUT2D eigenvalue weighted by Gasteiger charge is -2.04. The van der Waals surface area contributed by atoms with E-state index in [-0.39, 0.29) is 5.02 Å². The van der Waals surface area contributed by atoms with Crippen LogP contribution in [-0.4, -0.2) is 7.11 Å². The van der Waals surface area contributed by atoms with Crippen molar-refractivity contribution in [2.24, 2.45) is 0 Å². The lowest BCUT2D eigenvalue weighted by atomic mass is 10.2. The van der Waals surface area contributed by atoms with Crippen molar-refractivity contribution in [3.63, 3.8) is 0 Å². The first kappa shape index (κ1) is 8.34. The second-order valence-electron chi connectivity index (χ2n) is 2.24. The average Bonchev–Trinajstić information content (AvgIpc) is 1.97. The average molecular weight is 175 g/mol. The fourth-order valence-electron chi connectivity index (χ4n) is 0.848. The zero-order valence-electron chi connectivity index (χ0n) is 6.32. The molecule has 1 nitrogen and oxygen atoms in total. The molecule has 0 amide bonds. The normalized spacial score (nSPS) is 9.82. The number of rotatable bonds is 1. The van der Waals surface area contributed by atoms with Crippen LogP contribution in [0.15, 0.2) is 12.1 Å². The number of benzene rings is 1. The predicted molar refractivity (Wildman–Crippen MR) is 42.7 cm³/mol. The van der Waals surface area contributed by atoms with Crippen LogP contribution in [0.4, 0.5) is 4.39 Å². The van der Waals surface area contributed by atoms with Crippen LogP contribution in [0.5, 0.6) is 5.75 Å². The molecule has 0 aliphatic carbocycles. The topological polar surface area (TPSA) is 9.23 Å². The molecule has 0 atom stereocenters. The van der Waals surface area contributed by atoms with Crippen molar-refractivity contribution in [3.05, 3.63) is 28.5 Å². The van der Waals surface area contributed by atoms with Crippen molar-refractivity contribution < 1.29 is 9.13 Å². The molecule has 1 aromatic rings. The van der Waals surface area contributed by atoms with Gasteiger partial charge < -0.3 is 4.74 Å². The molecule has 3 heteroatoms. The molecule has 0 fully saturated rings. The molecule has 0 aliphatic heterocycles. The Morgan fingerprint density at radius 2 is 2.09 bits per heavy atom. The molecular weight excluding hydrogens is 167 g/mol. The first-order valence-corrected chi connectivity index (χ1v) is 3.52. The molecular formula is C8H8ClFO. The summed E-state index contributed by atoms with van der Waals surface area (Å²) in [6.07, 6.45) is 0. The third kappa shape index (κ3) is 1.63. The third-order valence-corrected chi connectivity index (χ3v) is 1.73. The molecule has 0 saturated carbocycles. The lowest BCUT2D eigenvalue weighted by Crippen LogP contribution is -1.88. The fourth-order valence-corrected chi connectivity index (χ4v) is 1.07. The van der Waals surface area contributed by atoms with Gasteiger partial charge in [-0.25, -0.2) is 4.39 Å². The van der Waals surface area contributed by atoms with Crippen LogP contribution in [-0.2, 0) is 0 Å². The Morgan fingerprint density at radius 1 is 1.45 bits per heavy atom. The first-order valence-electron chi connectivity index (χ1n) is 3.15. The molecule has 1 rings (SSSR count). The Kier molecular flexibility index (Phi) is 2.35. The molecule has 0 aromatic heterocycles. The largest absolute Gasteiger partial charge is 0.496 e. The number of hydrogen-bond acceptors (Lipinski definition) is 1. The van der Waals surface area contributed by atoms with Crippen LogP contribution in [0, 0.1) is 12.7 Å². The maximum absolute atomic E-state index is 12.7. The van der Waals surface area contributed by atoms with Gasteiger partial charge >= 0.3 is 0 Å². The Hall–Kier alpha value is -0.760. The molecule has 0 heterocycles. The van der Waals surface area contributed by atoms with Crippen molar-refractivity contribution in [1.29, 1.82) is 0 Å². The van der Waals surface area contributed by atoms with Crippen LogP contribution in [0.1, 0.15) is 5.56 Å². The van der Waals surface area contributed by atoms with E-state index >= 15 is 0 Å². The summed E-state index contributed by atoms with van der Waals surface area (Å²) in [6, 6.07) is 2.81. The van der Waals surface area contributed by atoms with Crippen LogP contribution < -0.4 is 4.74 Å². The van der Waals surface area contributed by atoms with Gasteiger partial charge in [-0.2, -0.15) is 0 Å². The summed E-state index contributed by atoms with van der Waals surface area (Å²) in [5, 5.41) is 0.128. The van der Waals surface area contributed by atoms with E-state index in [4.69, 9.17) is 16.3 Å². The summed E-state index contributed by atoms with van der Waals surface area (Å²) in [7, 11) is 1.50. The Labute approximate surface area is 69.7 Å². The molecule has 0 spiro atoms. The second kappa shape index (κ2) is 3.09. The summed E-state index contributed by atoms with van der Waals surface area (Å²) >= 11 is 5.51. The molecule has 1 aromatic carbocycles. The minimum atomic E-state index is -0.450. The van der Waals surface area contributed by atoms with Gasteiger partial charge in [0.1, 0.15) is 11.6 Å². The van der Waals surface area contributed by atoms with Crippen LogP contribution >= 0.6 is 11.6 Å². The van der Waals surface area contributed by atoms with Gasteiger partial charge in [0, 0.05) is 6.07 Å². The van der Waals surface area contributed by atoms with E-state index in [0.29, 0.717) is 5.75 Å². The van der Waals surface area contributed by atoms with Gasteiger partial charge in [0.15, 0.2) is 0 Å². The predicted octanol–water partition coefficient (Wildman–Crippen LogP) is 2.80. The van der Waals surface area contributed by atoms with Crippen molar-refractivity contribution in [2.75, 3.05) is 7.11 Å². The maximum atomic E-state index is 12.7. The van der Waals surface area contributed by atoms with E-state index in [1.54, 1.807) is 0 Å². The highest BCUT2D eigenvalue weighted by Crippen LogP contribution is 2.24. The standard InChI is InChI=1S/C8H8ClFO/c1-5-3-6(9)7(10)4-8(5)11-2/h3-4H,1-2H3. The molecule has 0 radical (unpaired) electrons. The van der Waals surface area contributed by atoms with Crippen LogP contribution in [0.3, 0.4) is 0 Å². The smallest absolute Gasteiger partial charge is 0.145 e. The van der Waals surface area contributed by atoms with Gasteiger partial charge in [-0.05, 0) is 18.6 Å². The van der Waals surface area contributed by atoms with E-state index in [9.17, 15) is 4.39 Å². The molecule has 0 unspecified atom stereocenters.